The molecule has 2 aliphatic rings. The van der Waals surface area contributed by atoms with Crippen LogP contribution in [-0.2, 0) is 30.8 Å². The molecule has 0 fully saturated rings. The summed E-state index contributed by atoms with van der Waals surface area (Å²) in [6, 6.07) is 11.9. The van der Waals surface area contributed by atoms with Crippen molar-refractivity contribution < 1.29 is 27.8 Å². The lowest BCUT2D eigenvalue weighted by molar-refractivity contribution is -0.130. The van der Waals surface area contributed by atoms with E-state index in [2.05, 4.69) is 30.7 Å². The number of likely N-dealkylation sites (N-methyl/N-ethyl adjacent to an activating group) is 1. The number of rotatable bonds is 7. The molecule has 3 aromatic heterocycles. The molecule has 0 bridgehead atoms. The summed E-state index contributed by atoms with van der Waals surface area (Å²) in [5, 5.41) is 17.5. The first kappa shape index (κ1) is 31.1. The third-order valence-corrected chi connectivity index (χ3v) is 9.53. The zero-order valence-corrected chi connectivity index (χ0v) is 26.7. The molecule has 7 rings (SSSR count). The highest BCUT2D eigenvalue weighted by Gasteiger charge is 2.29. The summed E-state index contributed by atoms with van der Waals surface area (Å²) in [6.07, 6.45) is 0.0156. The molecule has 1 atom stereocenters. The smallest absolute Gasteiger partial charge is 0.282 e. The number of pyridine rings is 1. The quantitative estimate of drug-likeness (QED) is 0.205. The van der Waals surface area contributed by atoms with Crippen molar-refractivity contribution in [2.75, 3.05) is 26.7 Å². The Morgan fingerprint density at radius 3 is 2.68 bits per heavy atom. The lowest BCUT2D eigenvalue weighted by Gasteiger charge is -2.26. The second kappa shape index (κ2) is 12.3. The number of carbonyl (C=O) groups excluding carboxylic acids is 1. The minimum Gasteiger partial charge on any atom is -0.490 e. The van der Waals surface area contributed by atoms with Crippen LogP contribution in [0.15, 0.2) is 60.3 Å². The Morgan fingerprint density at radius 1 is 1.06 bits per heavy atom. The minimum absolute atomic E-state index is 0.00136. The van der Waals surface area contributed by atoms with Crippen molar-refractivity contribution in [3.8, 4) is 39.5 Å². The summed E-state index contributed by atoms with van der Waals surface area (Å²) >= 11 is 1.39. The van der Waals surface area contributed by atoms with Crippen LogP contribution in [0.3, 0.4) is 0 Å². The van der Waals surface area contributed by atoms with Gasteiger partial charge in [-0.25, -0.2) is 18.2 Å². The average Bonchev–Trinajstić information content (AvgIpc) is 3.70. The van der Waals surface area contributed by atoms with Gasteiger partial charge in [-0.05, 0) is 55.1 Å². The van der Waals surface area contributed by atoms with E-state index in [-0.39, 0.29) is 31.0 Å². The summed E-state index contributed by atoms with van der Waals surface area (Å²) < 4.78 is 52.6. The van der Waals surface area contributed by atoms with Crippen molar-refractivity contribution in [3.63, 3.8) is 0 Å². The highest BCUT2D eigenvalue weighted by Crippen LogP contribution is 2.47. The predicted molar refractivity (Wildman–Crippen MR) is 175 cm³/mol. The van der Waals surface area contributed by atoms with Crippen LogP contribution in [0.1, 0.15) is 23.7 Å². The fourth-order valence-corrected chi connectivity index (χ4v) is 7.30. The van der Waals surface area contributed by atoms with Gasteiger partial charge in [0.05, 0.1) is 36.1 Å². The standard InChI is InChI=1S/C35H32F3N5O3S/c1-19(44)18-46-29-14-24(37)13-27(38)30(29)31-33(28-15-25-17-42(35(45)20(2)36)9-10-43(25)40-28)39-32(26-7-11-47-34(26)31)22-4-5-23-16-41(3)8-6-21(23)12-22/h4-5,7,11-15,19,44H,2,6,8-10,16-18H2,1,3H3/t19-/m1/s1. The second-order valence-corrected chi connectivity index (χ2v) is 13.0. The Bertz CT molecular complexity index is 2060. The molecule has 5 heterocycles. The molecule has 0 aliphatic carbocycles. The van der Waals surface area contributed by atoms with Gasteiger partial charge in [-0.3, -0.25) is 9.48 Å². The second-order valence-electron chi connectivity index (χ2n) is 12.1. The number of fused-ring (bicyclic) bond motifs is 3. The number of aromatic nitrogens is 3. The Balaban J connectivity index is 1.46. The monoisotopic (exact) mass is 659 g/mol. The van der Waals surface area contributed by atoms with E-state index in [1.165, 1.54) is 34.3 Å². The molecule has 47 heavy (non-hydrogen) atoms. The van der Waals surface area contributed by atoms with Gasteiger partial charge in [0.2, 0.25) is 0 Å². The molecule has 0 spiro atoms. The van der Waals surface area contributed by atoms with Crippen LogP contribution in [0.5, 0.6) is 5.75 Å². The molecule has 0 saturated heterocycles. The van der Waals surface area contributed by atoms with Gasteiger partial charge in [-0.1, -0.05) is 18.7 Å². The van der Waals surface area contributed by atoms with Crippen LogP contribution in [0, 0.1) is 11.6 Å². The Kier molecular flexibility index (Phi) is 8.11. The van der Waals surface area contributed by atoms with E-state index in [1.807, 2.05) is 17.5 Å². The lowest BCUT2D eigenvalue weighted by atomic mass is 9.93. The van der Waals surface area contributed by atoms with Gasteiger partial charge in [-0.2, -0.15) is 5.10 Å². The zero-order valence-electron chi connectivity index (χ0n) is 25.9. The fourth-order valence-electron chi connectivity index (χ4n) is 6.35. The molecular formula is C35H32F3N5O3S. The topological polar surface area (TPSA) is 83.7 Å². The number of hydrogen-bond acceptors (Lipinski definition) is 7. The van der Waals surface area contributed by atoms with Crippen molar-refractivity contribution in [1.82, 2.24) is 24.6 Å². The Morgan fingerprint density at radius 2 is 1.89 bits per heavy atom. The van der Waals surface area contributed by atoms with Crippen LogP contribution >= 0.6 is 11.3 Å². The first-order chi connectivity index (χ1) is 22.6. The van der Waals surface area contributed by atoms with Crippen molar-refractivity contribution in [3.05, 3.63) is 88.7 Å². The number of aliphatic hydroxyl groups is 1. The van der Waals surface area contributed by atoms with Gasteiger partial charge >= 0.3 is 0 Å². The fraction of sp³-hybridized carbons (Fsp3) is 0.286. The number of aliphatic hydroxyl groups excluding tert-OH is 1. The Labute approximate surface area is 273 Å². The number of thiophene rings is 1. The van der Waals surface area contributed by atoms with E-state index in [4.69, 9.17) is 14.8 Å². The molecule has 2 aromatic carbocycles. The third kappa shape index (κ3) is 5.81. The first-order valence-electron chi connectivity index (χ1n) is 15.3. The van der Waals surface area contributed by atoms with E-state index in [0.29, 0.717) is 39.6 Å². The summed E-state index contributed by atoms with van der Waals surface area (Å²) in [5.74, 6) is -3.57. The number of nitrogens with zero attached hydrogens (tertiary/aromatic N) is 5. The number of halogens is 3. The lowest BCUT2D eigenvalue weighted by Crippen LogP contribution is -2.38. The van der Waals surface area contributed by atoms with Gasteiger partial charge in [0.1, 0.15) is 35.4 Å². The first-order valence-corrected chi connectivity index (χ1v) is 16.2. The zero-order chi connectivity index (χ0) is 33.0. The minimum atomic E-state index is -1.04. The van der Waals surface area contributed by atoms with Gasteiger partial charge in [0, 0.05) is 53.0 Å². The summed E-state index contributed by atoms with van der Waals surface area (Å²) in [4.78, 5) is 21.2. The van der Waals surface area contributed by atoms with E-state index in [1.54, 1.807) is 10.7 Å². The van der Waals surface area contributed by atoms with E-state index < -0.39 is 29.5 Å². The molecule has 5 aromatic rings. The van der Waals surface area contributed by atoms with Crippen molar-refractivity contribution >= 4 is 27.3 Å². The number of carbonyl (C=O) groups is 1. The molecule has 1 amide bonds. The van der Waals surface area contributed by atoms with Crippen LogP contribution < -0.4 is 4.74 Å². The summed E-state index contributed by atoms with van der Waals surface area (Å²) in [6.45, 7) is 6.93. The predicted octanol–water partition coefficient (Wildman–Crippen LogP) is 6.34. The molecule has 1 N–H and O–H groups in total. The van der Waals surface area contributed by atoms with Crippen molar-refractivity contribution in [2.45, 2.75) is 39.1 Å². The Hall–Kier alpha value is -4.52. The highest BCUT2D eigenvalue weighted by atomic mass is 32.1. The molecule has 2 aliphatic heterocycles. The van der Waals surface area contributed by atoms with Crippen molar-refractivity contribution in [2.24, 2.45) is 0 Å². The van der Waals surface area contributed by atoms with E-state index in [0.717, 1.165) is 42.6 Å². The molecule has 242 valence electrons. The third-order valence-electron chi connectivity index (χ3n) is 8.60. The molecular weight excluding hydrogens is 627 g/mol. The molecule has 0 radical (unpaired) electrons. The molecule has 12 heteroatoms. The van der Waals surface area contributed by atoms with Gasteiger partial charge < -0.3 is 19.6 Å². The average molecular weight is 660 g/mol. The van der Waals surface area contributed by atoms with Gasteiger partial charge in [-0.15, -0.1) is 11.3 Å². The number of amides is 1. The molecule has 0 saturated carbocycles. The maximum absolute atomic E-state index is 16.0. The molecule has 8 nitrogen and oxygen atoms in total. The normalized spacial score (nSPS) is 15.4. The maximum Gasteiger partial charge on any atom is 0.282 e. The van der Waals surface area contributed by atoms with Gasteiger partial charge in [0.15, 0.2) is 5.83 Å². The summed E-state index contributed by atoms with van der Waals surface area (Å²) in [7, 11) is 2.10. The SMILES string of the molecule is C=C(F)C(=O)N1CCn2nc(-c3nc(-c4ccc5c(c4)CCN(C)C5)c4ccsc4c3-c3c(F)cc(F)cc3OC[C@@H](C)O)cc2C1. The van der Waals surface area contributed by atoms with Crippen LogP contribution in [0.2, 0.25) is 0 Å². The van der Waals surface area contributed by atoms with Crippen LogP contribution in [0.4, 0.5) is 13.2 Å². The highest BCUT2D eigenvalue weighted by molar-refractivity contribution is 7.18. The van der Waals surface area contributed by atoms with Gasteiger partial charge in [0.25, 0.3) is 5.91 Å². The number of ether oxygens (including phenoxy) is 1. The number of hydrogen-bond donors (Lipinski definition) is 1. The number of benzene rings is 2. The van der Waals surface area contributed by atoms with Crippen molar-refractivity contribution in [1.29, 1.82) is 0 Å². The van der Waals surface area contributed by atoms with E-state index in [9.17, 15) is 18.7 Å². The van der Waals surface area contributed by atoms with Crippen LogP contribution in [-0.4, -0.2) is 68.4 Å². The largest absolute Gasteiger partial charge is 0.490 e. The maximum atomic E-state index is 16.0. The molecule has 0 unspecified atom stereocenters. The summed E-state index contributed by atoms with van der Waals surface area (Å²) in [5.41, 5.74) is 5.85. The van der Waals surface area contributed by atoms with E-state index >= 15 is 4.39 Å². The van der Waals surface area contributed by atoms with Crippen LogP contribution in [0.25, 0.3) is 43.9 Å².